The minimum atomic E-state index is -1.10. The van der Waals surface area contributed by atoms with Crippen molar-refractivity contribution in [3.8, 4) is 28.1 Å². The van der Waals surface area contributed by atoms with Crippen LogP contribution in [0.4, 0.5) is 5.82 Å². The second-order valence-corrected chi connectivity index (χ2v) is 14.9. The van der Waals surface area contributed by atoms with Gasteiger partial charge in [-0.2, -0.15) is 0 Å². The summed E-state index contributed by atoms with van der Waals surface area (Å²) in [6, 6.07) is 11.3. The number of carbonyl (C=O) groups is 6. The summed E-state index contributed by atoms with van der Waals surface area (Å²) in [6.07, 6.45) is 6.33. The summed E-state index contributed by atoms with van der Waals surface area (Å²) >= 11 is 0. The Balaban J connectivity index is 0.703. The number of imide groups is 2. The van der Waals surface area contributed by atoms with Gasteiger partial charge in [-0.3, -0.25) is 48.4 Å². The largest absolute Gasteiger partial charge is 0.483 e. The molecule has 7 rings (SSSR count). The number of aromatic nitrogens is 4. The third kappa shape index (κ3) is 10.8. The molecule has 4 N–H and O–H groups in total. The summed E-state index contributed by atoms with van der Waals surface area (Å²) in [5.41, 5.74) is 5.02. The molecule has 3 aromatic heterocycles. The van der Waals surface area contributed by atoms with E-state index in [-0.39, 0.29) is 42.2 Å². The van der Waals surface area contributed by atoms with Gasteiger partial charge in [-0.05, 0) is 50.8 Å². The standard InChI is InChI=1S/C44H49N9O11/c1-27-38(28(2)64-51-27)29-8-10-30(11-9-29)40-41(52-17-16-45-24-34(52)49-40)48-25-36(55)46-14-4-18-60-20-22-62-23-21-61-19-5-15-47-37(56)26-63-33-7-3-6-31-39(33)44(59)53(43(31)58)32-12-13-35(54)50-42(32)57/h3,6-11,16-17,24,32,48H,4-5,12-15,18-23,25-26H2,1-2H3,(H,46,55)(H,47,56)(H,50,54,57). The molecule has 336 valence electrons. The molecular formula is C44H49N9O11. The van der Waals surface area contributed by atoms with Crippen LogP contribution in [0.1, 0.15) is 57.9 Å². The van der Waals surface area contributed by atoms with Crippen LogP contribution >= 0.6 is 0 Å². The smallest absolute Gasteiger partial charge is 0.266 e. The maximum atomic E-state index is 13.2. The maximum Gasteiger partial charge on any atom is 0.266 e. The lowest BCUT2D eigenvalue weighted by Crippen LogP contribution is -2.54. The number of anilines is 1. The van der Waals surface area contributed by atoms with Crippen molar-refractivity contribution in [2.24, 2.45) is 0 Å². The van der Waals surface area contributed by atoms with Crippen molar-refractivity contribution in [3.05, 3.63) is 83.6 Å². The number of hydrogen-bond donors (Lipinski definition) is 4. The average molecular weight is 880 g/mol. The lowest BCUT2D eigenvalue weighted by atomic mass is 10.0. The molecule has 2 aromatic carbocycles. The number of ether oxygens (including phenoxy) is 4. The van der Waals surface area contributed by atoms with E-state index >= 15 is 0 Å². The predicted molar refractivity (Wildman–Crippen MR) is 228 cm³/mol. The van der Waals surface area contributed by atoms with Crippen molar-refractivity contribution in [3.63, 3.8) is 0 Å². The first-order valence-corrected chi connectivity index (χ1v) is 20.9. The van der Waals surface area contributed by atoms with Gasteiger partial charge in [0.15, 0.2) is 12.3 Å². The first-order valence-electron chi connectivity index (χ1n) is 20.9. The maximum absolute atomic E-state index is 13.2. The first kappa shape index (κ1) is 45.0. The third-order valence-corrected chi connectivity index (χ3v) is 10.4. The van der Waals surface area contributed by atoms with Crippen LogP contribution in [0, 0.1) is 13.8 Å². The lowest BCUT2D eigenvalue weighted by Gasteiger charge is -2.27. The Morgan fingerprint density at radius 1 is 0.844 bits per heavy atom. The minimum Gasteiger partial charge on any atom is -0.483 e. The van der Waals surface area contributed by atoms with Crippen molar-refractivity contribution >= 4 is 46.9 Å². The molecule has 0 bridgehead atoms. The summed E-state index contributed by atoms with van der Waals surface area (Å²) in [6.45, 7) is 6.56. The van der Waals surface area contributed by atoms with Gasteiger partial charge in [-0.15, -0.1) is 0 Å². The Morgan fingerprint density at radius 3 is 2.22 bits per heavy atom. The SMILES string of the molecule is Cc1noc(C)c1-c1ccc(-c2nc3cnccn3c2NCC(=O)NCCCOCCOCCOCCCNC(=O)COc2cccc3c2C(=O)N(C2CCC(=O)NC2=O)C3=O)cc1. The molecule has 64 heavy (non-hydrogen) atoms. The summed E-state index contributed by atoms with van der Waals surface area (Å²) in [7, 11) is 0. The van der Waals surface area contributed by atoms with E-state index in [9.17, 15) is 28.8 Å². The topological polar surface area (TPSA) is 247 Å². The van der Waals surface area contributed by atoms with Crippen LogP contribution in [0.5, 0.6) is 5.75 Å². The van der Waals surface area contributed by atoms with E-state index in [2.05, 4.69) is 31.4 Å². The molecular weight excluding hydrogens is 831 g/mol. The summed E-state index contributed by atoms with van der Waals surface area (Å²) in [5, 5.41) is 15.1. The molecule has 0 radical (unpaired) electrons. The molecule has 2 aliphatic heterocycles. The molecule has 2 aliphatic rings. The van der Waals surface area contributed by atoms with Gasteiger partial charge in [0.05, 0.1) is 56.0 Å². The third-order valence-electron chi connectivity index (χ3n) is 10.4. The van der Waals surface area contributed by atoms with Crippen molar-refractivity contribution in [1.82, 2.24) is 40.4 Å². The van der Waals surface area contributed by atoms with Gasteiger partial charge in [0.1, 0.15) is 29.1 Å². The molecule has 0 aliphatic carbocycles. The van der Waals surface area contributed by atoms with Crippen molar-refractivity contribution < 1.29 is 52.2 Å². The number of aryl methyl sites for hydroxylation is 2. The zero-order valence-electron chi connectivity index (χ0n) is 35.5. The van der Waals surface area contributed by atoms with Crippen LogP contribution in [-0.4, -0.2) is 132 Å². The first-order chi connectivity index (χ1) is 31.1. The summed E-state index contributed by atoms with van der Waals surface area (Å²) in [4.78, 5) is 85.0. The Kier molecular flexibility index (Phi) is 15.0. The summed E-state index contributed by atoms with van der Waals surface area (Å²) < 4.78 is 29.5. The van der Waals surface area contributed by atoms with E-state index in [0.29, 0.717) is 82.7 Å². The zero-order valence-corrected chi connectivity index (χ0v) is 35.5. The molecule has 20 nitrogen and oxygen atoms in total. The number of hydrogen-bond acceptors (Lipinski definition) is 15. The number of imidazole rings is 1. The summed E-state index contributed by atoms with van der Waals surface area (Å²) in [5.74, 6) is -1.68. The minimum absolute atomic E-state index is 0.00724. The van der Waals surface area contributed by atoms with Crippen LogP contribution in [0.25, 0.3) is 28.0 Å². The van der Waals surface area contributed by atoms with E-state index in [1.165, 1.54) is 18.2 Å². The van der Waals surface area contributed by atoms with Gasteiger partial charge < -0.3 is 39.4 Å². The monoisotopic (exact) mass is 879 g/mol. The van der Waals surface area contributed by atoms with E-state index in [4.69, 9.17) is 28.5 Å². The number of nitrogens with zero attached hydrogens (tertiary/aromatic N) is 5. The van der Waals surface area contributed by atoms with Crippen molar-refractivity contribution in [2.75, 3.05) is 71.2 Å². The fourth-order valence-corrected chi connectivity index (χ4v) is 7.34. The Labute approximate surface area is 367 Å². The van der Waals surface area contributed by atoms with E-state index in [0.717, 1.165) is 33.0 Å². The lowest BCUT2D eigenvalue weighted by molar-refractivity contribution is -0.136. The molecule has 20 heteroatoms. The van der Waals surface area contributed by atoms with Gasteiger partial charge in [-0.1, -0.05) is 35.5 Å². The number of piperidine rings is 1. The molecule has 6 amide bonds. The zero-order chi connectivity index (χ0) is 45.0. The number of fused-ring (bicyclic) bond motifs is 2. The van der Waals surface area contributed by atoms with E-state index < -0.39 is 42.2 Å². The fourth-order valence-electron chi connectivity index (χ4n) is 7.34. The number of amides is 6. The highest BCUT2D eigenvalue weighted by atomic mass is 16.5. The molecule has 0 saturated carbocycles. The predicted octanol–water partition coefficient (Wildman–Crippen LogP) is 2.62. The van der Waals surface area contributed by atoms with Gasteiger partial charge in [0.2, 0.25) is 17.7 Å². The molecule has 1 atom stereocenters. The van der Waals surface area contributed by atoms with Gasteiger partial charge in [0, 0.05) is 56.2 Å². The molecule has 1 fully saturated rings. The molecule has 5 aromatic rings. The van der Waals surface area contributed by atoms with Crippen molar-refractivity contribution in [2.45, 2.75) is 45.6 Å². The second-order valence-electron chi connectivity index (χ2n) is 14.9. The molecule has 1 unspecified atom stereocenters. The Morgan fingerprint density at radius 2 is 1.53 bits per heavy atom. The van der Waals surface area contributed by atoms with Crippen LogP contribution < -0.4 is 26.0 Å². The van der Waals surface area contributed by atoms with Gasteiger partial charge in [0.25, 0.3) is 17.7 Å². The Hall–Kier alpha value is -7.03. The van der Waals surface area contributed by atoms with Gasteiger partial charge >= 0.3 is 0 Å². The fraction of sp³-hybridized carbons (Fsp3) is 0.386. The van der Waals surface area contributed by atoms with Gasteiger partial charge in [-0.25, -0.2) is 4.98 Å². The Bertz CT molecular complexity index is 2480. The molecule has 0 spiro atoms. The second kappa shape index (κ2) is 21.4. The quantitative estimate of drug-likeness (QED) is 0.0544. The van der Waals surface area contributed by atoms with E-state index in [1.54, 1.807) is 18.6 Å². The number of nitrogens with one attached hydrogen (secondary N) is 4. The molecule has 5 heterocycles. The van der Waals surface area contributed by atoms with Crippen LogP contribution in [-0.2, 0) is 33.4 Å². The highest BCUT2D eigenvalue weighted by Crippen LogP contribution is 2.34. The normalized spacial score (nSPS) is 14.8. The van der Waals surface area contributed by atoms with Crippen LogP contribution in [0.2, 0.25) is 0 Å². The average Bonchev–Trinajstić information content (AvgIpc) is 3.92. The number of carbonyl (C=O) groups excluding carboxylic acids is 6. The van der Waals surface area contributed by atoms with E-state index in [1.807, 2.05) is 42.5 Å². The highest BCUT2D eigenvalue weighted by molar-refractivity contribution is 6.24. The highest BCUT2D eigenvalue weighted by Gasteiger charge is 2.46. The van der Waals surface area contributed by atoms with Crippen LogP contribution in [0.3, 0.4) is 0 Å². The number of benzene rings is 2. The molecule has 1 saturated heterocycles. The van der Waals surface area contributed by atoms with Crippen molar-refractivity contribution in [1.29, 1.82) is 0 Å². The number of rotatable bonds is 23. The van der Waals surface area contributed by atoms with Crippen LogP contribution in [0.15, 0.2) is 65.6 Å².